The third-order valence-corrected chi connectivity index (χ3v) is 6.01. The number of aromatic nitrogens is 2. The second-order valence-corrected chi connectivity index (χ2v) is 8.00. The molecule has 3 aromatic rings. The average molecular weight is 343 g/mol. The molecule has 1 aliphatic heterocycles. The minimum atomic E-state index is -3.19. The number of anilines is 2. The van der Waals surface area contributed by atoms with Crippen LogP contribution in [0.1, 0.15) is 5.56 Å². The first kappa shape index (κ1) is 14.5. The van der Waals surface area contributed by atoms with Crippen molar-refractivity contribution in [3.05, 3.63) is 48.3 Å². The van der Waals surface area contributed by atoms with Crippen LogP contribution in [0.4, 0.5) is 11.5 Å². The number of nitrogens with zero attached hydrogens (tertiary/aromatic N) is 2. The van der Waals surface area contributed by atoms with Gasteiger partial charge in [0.15, 0.2) is 9.84 Å². The number of aryl methyl sites for hydroxylation is 1. The van der Waals surface area contributed by atoms with E-state index in [2.05, 4.69) is 27.9 Å². The summed E-state index contributed by atoms with van der Waals surface area (Å²) < 4.78 is 24.3. The van der Waals surface area contributed by atoms with Crippen molar-refractivity contribution in [1.29, 1.82) is 0 Å². The van der Waals surface area contributed by atoms with Crippen molar-refractivity contribution in [2.75, 3.05) is 11.1 Å². The highest BCUT2D eigenvalue weighted by molar-refractivity contribution is 7.91. The van der Waals surface area contributed by atoms with Crippen molar-refractivity contribution in [3.8, 4) is 0 Å². The summed E-state index contributed by atoms with van der Waals surface area (Å²) >= 11 is 4.33. The van der Waals surface area contributed by atoms with E-state index in [9.17, 15) is 8.42 Å². The molecular weight excluding hydrogens is 330 g/mol. The van der Waals surface area contributed by atoms with E-state index < -0.39 is 9.84 Å². The van der Waals surface area contributed by atoms with Gasteiger partial charge in [-0.1, -0.05) is 6.07 Å². The molecule has 1 aliphatic rings. The molecule has 0 saturated carbocycles. The van der Waals surface area contributed by atoms with Crippen LogP contribution in [-0.2, 0) is 16.3 Å². The lowest BCUT2D eigenvalue weighted by Crippen LogP contribution is -2.00. The SMILES string of the molecule is O=S1(=O)CCc2c1ccc1ncnc(Nc3cccc(S)c3)c21. The maximum Gasteiger partial charge on any atom is 0.179 e. The van der Waals surface area contributed by atoms with Crippen LogP contribution in [0.5, 0.6) is 0 Å². The summed E-state index contributed by atoms with van der Waals surface area (Å²) in [6.45, 7) is 0. The van der Waals surface area contributed by atoms with Crippen LogP contribution in [-0.4, -0.2) is 24.1 Å². The topological polar surface area (TPSA) is 72.0 Å². The van der Waals surface area contributed by atoms with Crippen LogP contribution in [0.15, 0.2) is 52.5 Å². The number of hydrogen-bond acceptors (Lipinski definition) is 6. The molecule has 0 atom stereocenters. The minimum Gasteiger partial charge on any atom is -0.340 e. The van der Waals surface area contributed by atoms with E-state index in [1.165, 1.54) is 6.33 Å². The largest absolute Gasteiger partial charge is 0.340 e. The van der Waals surface area contributed by atoms with E-state index in [4.69, 9.17) is 0 Å². The van der Waals surface area contributed by atoms with Crippen molar-refractivity contribution in [3.63, 3.8) is 0 Å². The smallest absolute Gasteiger partial charge is 0.179 e. The quantitative estimate of drug-likeness (QED) is 0.700. The summed E-state index contributed by atoms with van der Waals surface area (Å²) in [4.78, 5) is 9.81. The van der Waals surface area contributed by atoms with E-state index in [0.29, 0.717) is 17.1 Å². The lowest BCUT2D eigenvalue weighted by molar-refractivity contribution is 0.600. The van der Waals surface area contributed by atoms with Crippen LogP contribution >= 0.6 is 12.6 Å². The molecule has 0 spiro atoms. The number of nitrogens with one attached hydrogen (secondary N) is 1. The van der Waals surface area contributed by atoms with Gasteiger partial charge in [0.1, 0.15) is 12.1 Å². The number of hydrogen-bond donors (Lipinski definition) is 2. The predicted molar refractivity (Wildman–Crippen MR) is 92.3 cm³/mol. The van der Waals surface area contributed by atoms with E-state index in [1.807, 2.05) is 24.3 Å². The molecule has 0 amide bonds. The van der Waals surface area contributed by atoms with Crippen molar-refractivity contribution in [2.24, 2.45) is 0 Å². The van der Waals surface area contributed by atoms with Gasteiger partial charge >= 0.3 is 0 Å². The fraction of sp³-hybridized carbons (Fsp3) is 0.125. The van der Waals surface area contributed by atoms with Crippen LogP contribution in [0.25, 0.3) is 10.9 Å². The van der Waals surface area contributed by atoms with E-state index in [-0.39, 0.29) is 5.75 Å². The Balaban J connectivity index is 1.92. The normalized spacial score (nSPS) is 15.5. The van der Waals surface area contributed by atoms with Gasteiger partial charge in [-0.3, -0.25) is 0 Å². The summed E-state index contributed by atoms with van der Waals surface area (Å²) in [5.41, 5.74) is 2.38. The zero-order chi connectivity index (χ0) is 16.0. The molecule has 0 saturated heterocycles. The van der Waals surface area contributed by atoms with Gasteiger partial charge in [0.25, 0.3) is 0 Å². The molecule has 0 aliphatic carbocycles. The Labute approximate surface area is 139 Å². The number of fused-ring (bicyclic) bond motifs is 3. The summed E-state index contributed by atoms with van der Waals surface area (Å²) in [5.74, 6) is 0.755. The molecule has 2 heterocycles. The van der Waals surface area contributed by atoms with Gasteiger partial charge in [-0.15, -0.1) is 12.6 Å². The van der Waals surface area contributed by atoms with Crippen molar-refractivity contribution >= 4 is 44.9 Å². The van der Waals surface area contributed by atoms with Gasteiger partial charge in [0.05, 0.1) is 16.2 Å². The predicted octanol–water partition coefficient (Wildman–Crippen LogP) is 2.99. The summed E-state index contributed by atoms with van der Waals surface area (Å²) in [5, 5.41) is 4.02. The molecule has 0 fully saturated rings. The number of rotatable bonds is 2. The van der Waals surface area contributed by atoms with Crippen molar-refractivity contribution in [2.45, 2.75) is 16.2 Å². The Bertz CT molecular complexity index is 1030. The maximum absolute atomic E-state index is 12.1. The minimum absolute atomic E-state index is 0.141. The standard InChI is InChI=1S/C16H13N3O2S2/c20-23(21)7-6-12-14(23)5-4-13-15(12)16(18-9-17-13)19-10-2-1-3-11(22)8-10/h1-5,8-9,22H,6-7H2,(H,17,18,19). The first-order chi connectivity index (χ1) is 11.0. The molecule has 23 heavy (non-hydrogen) atoms. The highest BCUT2D eigenvalue weighted by atomic mass is 32.2. The summed E-state index contributed by atoms with van der Waals surface area (Å²) in [6.07, 6.45) is 1.97. The Morgan fingerprint density at radius 2 is 2.00 bits per heavy atom. The first-order valence-corrected chi connectivity index (χ1v) is 9.20. The molecule has 2 aromatic carbocycles. The molecule has 7 heteroatoms. The van der Waals surface area contributed by atoms with Gasteiger partial charge in [-0.25, -0.2) is 18.4 Å². The molecule has 0 radical (unpaired) electrons. The highest BCUT2D eigenvalue weighted by Gasteiger charge is 2.29. The molecule has 4 rings (SSSR count). The Hall–Kier alpha value is -2.12. The molecule has 1 N–H and O–H groups in total. The zero-order valence-electron chi connectivity index (χ0n) is 12.0. The monoisotopic (exact) mass is 343 g/mol. The second kappa shape index (κ2) is 5.21. The highest BCUT2D eigenvalue weighted by Crippen LogP contribution is 2.35. The van der Waals surface area contributed by atoms with Crippen molar-refractivity contribution < 1.29 is 8.42 Å². The fourth-order valence-electron chi connectivity index (χ4n) is 2.90. The lowest BCUT2D eigenvalue weighted by atomic mass is 10.1. The van der Waals surface area contributed by atoms with Gasteiger partial charge in [-0.05, 0) is 42.3 Å². The third-order valence-electron chi connectivity index (χ3n) is 3.93. The lowest BCUT2D eigenvalue weighted by Gasteiger charge is -2.11. The van der Waals surface area contributed by atoms with Gasteiger partial charge < -0.3 is 5.32 Å². The third kappa shape index (κ3) is 2.46. The summed E-state index contributed by atoms with van der Waals surface area (Å²) in [6, 6.07) is 11.0. The second-order valence-electron chi connectivity index (χ2n) is 5.40. The zero-order valence-corrected chi connectivity index (χ0v) is 13.7. The Morgan fingerprint density at radius 1 is 1.13 bits per heavy atom. The number of benzene rings is 2. The number of thiol groups is 1. The molecule has 116 valence electrons. The maximum atomic E-state index is 12.1. The molecular formula is C16H13N3O2S2. The van der Waals surface area contributed by atoms with E-state index in [0.717, 1.165) is 27.0 Å². The Morgan fingerprint density at radius 3 is 2.83 bits per heavy atom. The molecule has 0 unspecified atom stereocenters. The first-order valence-electron chi connectivity index (χ1n) is 7.10. The average Bonchev–Trinajstić information content (AvgIpc) is 2.83. The summed E-state index contributed by atoms with van der Waals surface area (Å²) in [7, 11) is -3.19. The van der Waals surface area contributed by atoms with E-state index >= 15 is 0 Å². The van der Waals surface area contributed by atoms with Gasteiger partial charge in [-0.2, -0.15) is 0 Å². The van der Waals surface area contributed by atoms with E-state index in [1.54, 1.807) is 12.1 Å². The van der Waals surface area contributed by atoms with Crippen molar-refractivity contribution in [1.82, 2.24) is 9.97 Å². The molecule has 0 bridgehead atoms. The van der Waals surface area contributed by atoms with Gasteiger partial charge in [0, 0.05) is 16.0 Å². The molecule has 5 nitrogen and oxygen atoms in total. The van der Waals surface area contributed by atoms with Crippen LogP contribution < -0.4 is 5.32 Å². The Kier molecular flexibility index (Phi) is 3.28. The van der Waals surface area contributed by atoms with Crippen LogP contribution in [0.2, 0.25) is 0 Å². The fourth-order valence-corrected chi connectivity index (χ4v) is 4.68. The van der Waals surface area contributed by atoms with Gasteiger partial charge in [0.2, 0.25) is 0 Å². The van der Waals surface area contributed by atoms with Crippen LogP contribution in [0, 0.1) is 0 Å². The molecule has 1 aromatic heterocycles. The van der Waals surface area contributed by atoms with Crippen LogP contribution in [0.3, 0.4) is 0 Å². The number of sulfone groups is 1.